The number of esters is 2. The number of cyclic esters (lactones) is 1. The Hall–Kier alpha value is -1.81. The van der Waals surface area contributed by atoms with Crippen LogP contribution in [-0.2, 0) is 28.7 Å². The van der Waals surface area contributed by atoms with Gasteiger partial charge in [0.05, 0.1) is 19.6 Å². The molecule has 0 aromatic carbocycles. The second-order valence-corrected chi connectivity index (χ2v) is 13.6. The summed E-state index contributed by atoms with van der Waals surface area (Å²) in [5.74, 6) is -1.89. The van der Waals surface area contributed by atoms with Crippen molar-refractivity contribution in [3.05, 3.63) is 11.6 Å². The molecule has 1 N–H and O–H groups in total. The number of aliphatic hydroxyl groups excluding tert-OH is 1. The van der Waals surface area contributed by atoms with E-state index in [9.17, 15) is 24.3 Å². The quantitative estimate of drug-likeness (QED) is 0.491. The summed E-state index contributed by atoms with van der Waals surface area (Å²) in [4.78, 5) is 48.1. The molecule has 0 amide bonds. The van der Waals surface area contributed by atoms with E-state index < -0.39 is 58.0 Å². The van der Waals surface area contributed by atoms with E-state index in [1.807, 2.05) is 0 Å². The normalized spacial score (nSPS) is 42.9. The summed E-state index contributed by atoms with van der Waals surface area (Å²) in [6, 6.07) is 0. The summed E-state index contributed by atoms with van der Waals surface area (Å²) in [5, 5.41) is 8.79. The molecule has 7 nitrogen and oxygen atoms in total. The van der Waals surface area contributed by atoms with Gasteiger partial charge in [0.1, 0.15) is 23.2 Å². The molecule has 4 fully saturated rings. The highest BCUT2D eigenvalue weighted by molar-refractivity contribution is 8.14. The highest BCUT2D eigenvalue weighted by Gasteiger charge is 2.68. The minimum absolute atomic E-state index is 0.0254. The summed E-state index contributed by atoms with van der Waals surface area (Å²) >= 11 is 0.680. The van der Waals surface area contributed by atoms with Crippen LogP contribution in [0.5, 0.6) is 0 Å². The third-order valence-corrected chi connectivity index (χ3v) is 11.4. The highest BCUT2D eigenvalue weighted by Crippen LogP contribution is 2.69. The molecular formula is C28H36F2O7S. The summed E-state index contributed by atoms with van der Waals surface area (Å²) < 4.78 is 42.6. The standard InChI is InChI=1S/C28H36F2O7S/c1-26-6-7-28(30)18(11-20(29)19-10-16(31)3-5-27(19,28)2)17(26)9-15(13-26)14-37-23(33)12-21(32)25(35)38-22-4-8-36-24(22)34/h10,15,17-18,20-22,32H,3-9,11-14H2,1-2H3/t15?,17-,18-,20-,21?,22?,26+,27-,28+/m0/s1. The van der Waals surface area contributed by atoms with E-state index in [1.54, 1.807) is 6.92 Å². The van der Waals surface area contributed by atoms with E-state index in [0.29, 0.717) is 49.4 Å². The molecule has 5 aliphatic rings. The maximum absolute atomic E-state index is 17.0. The number of ether oxygens (including phenoxy) is 2. The molecule has 9 atom stereocenters. The Morgan fingerprint density at radius 2 is 1.97 bits per heavy atom. The Labute approximate surface area is 225 Å². The number of thioether (sulfide) groups is 1. The first-order valence-corrected chi connectivity index (χ1v) is 14.5. The predicted octanol–water partition coefficient (Wildman–Crippen LogP) is 4.04. The summed E-state index contributed by atoms with van der Waals surface area (Å²) in [7, 11) is 0. The zero-order valence-corrected chi connectivity index (χ0v) is 22.7. The second kappa shape index (κ2) is 9.98. The Bertz CT molecular complexity index is 1060. The monoisotopic (exact) mass is 554 g/mol. The lowest BCUT2D eigenvalue weighted by molar-refractivity contribution is -0.151. The molecule has 4 aliphatic carbocycles. The lowest BCUT2D eigenvalue weighted by Crippen LogP contribution is -2.62. The van der Waals surface area contributed by atoms with Crippen molar-refractivity contribution in [3.8, 4) is 0 Å². The molecule has 5 rings (SSSR count). The fourth-order valence-electron chi connectivity index (χ4n) is 8.08. The van der Waals surface area contributed by atoms with Crippen LogP contribution in [0.25, 0.3) is 0 Å². The van der Waals surface area contributed by atoms with Crippen LogP contribution in [0, 0.1) is 28.6 Å². The molecule has 0 aromatic heterocycles. The lowest BCUT2D eigenvalue weighted by atomic mass is 9.45. The van der Waals surface area contributed by atoms with Gasteiger partial charge < -0.3 is 14.6 Å². The molecule has 38 heavy (non-hydrogen) atoms. The highest BCUT2D eigenvalue weighted by atomic mass is 32.2. The molecular weight excluding hydrogens is 518 g/mol. The van der Waals surface area contributed by atoms with E-state index in [0.717, 1.165) is 6.42 Å². The average molecular weight is 555 g/mol. The molecule has 1 saturated heterocycles. The topological polar surface area (TPSA) is 107 Å². The van der Waals surface area contributed by atoms with Gasteiger partial charge in [0.2, 0.25) is 5.12 Å². The zero-order chi connectivity index (χ0) is 27.5. The number of hydrogen-bond acceptors (Lipinski definition) is 8. The molecule has 0 aromatic rings. The number of halogens is 2. The number of carbonyl (C=O) groups is 4. The number of aliphatic hydroxyl groups is 1. The van der Waals surface area contributed by atoms with Crippen LogP contribution in [0.2, 0.25) is 0 Å². The Balaban J connectivity index is 1.19. The van der Waals surface area contributed by atoms with Crippen molar-refractivity contribution in [2.24, 2.45) is 28.6 Å². The minimum atomic E-state index is -1.58. The Kier molecular flexibility index (Phi) is 7.29. The fraction of sp³-hybridized carbons (Fsp3) is 0.786. The van der Waals surface area contributed by atoms with Gasteiger partial charge in [-0.1, -0.05) is 25.6 Å². The van der Waals surface area contributed by atoms with Crippen molar-refractivity contribution in [2.75, 3.05) is 13.2 Å². The molecule has 3 saturated carbocycles. The maximum Gasteiger partial charge on any atom is 0.319 e. The summed E-state index contributed by atoms with van der Waals surface area (Å²) in [6.45, 7) is 4.24. The Morgan fingerprint density at radius 3 is 2.68 bits per heavy atom. The minimum Gasteiger partial charge on any atom is -0.465 e. The number of rotatable bonds is 6. The lowest BCUT2D eigenvalue weighted by Gasteiger charge is -2.61. The van der Waals surface area contributed by atoms with Gasteiger partial charge in [0.15, 0.2) is 5.78 Å². The third kappa shape index (κ3) is 4.63. The van der Waals surface area contributed by atoms with Gasteiger partial charge >= 0.3 is 11.9 Å². The maximum atomic E-state index is 17.0. The van der Waals surface area contributed by atoms with Crippen LogP contribution in [0.4, 0.5) is 8.78 Å². The van der Waals surface area contributed by atoms with Gasteiger partial charge in [-0.25, -0.2) is 8.78 Å². The van der Waals surface area contributed by atoms with Crippen LogP contribution in [0.3, 0.4) is 0 Å². The van der Waals surface area contributed by atoms with Gasteiger partial charge in [0, 0.05) is 24.2 Å². The number of allylic oxidation sites excluding steroid dienone is 1. The molecule has 0 spiro atoms. The summed E-state index contributed by atoms with van der Waals surface area (Å²) in [5.41, 5.74) is -2.42. The van der Waals surface area contributed by atoms with Crippen LogP contribution < -0.4 is 0 Å². The van der Waals surface area contributed by atoms with Crippen LogP contribution in [-0.4, -0.2) is 64.4 Å². The van der Waals surface area contributed by atoms with Crippen LogP contribution in [0.15, 0.2) is 11.6 Å². The second-order valence-electron chi connectivity index (χ2n) is 12.4. The smallest absolute Gasteiger partial charge is 0.319 e. The molecule has 3 unspecified atom stereocenters. The van der Waals surface area contributed by atoms with Gasteiger partial charge in [-0.15, -0.1) is 0 Å². The van der Waals surface area contributed by atoms with E-state index in [1.165, 1.54) is 6.08 Å². The largest absolute Gasteiger partial charge is 0.465 e. The fourth-order valence-corrected chi connectivity index (χ4v) is 8.98. The van der Waals surface area contributed by atoms with Crippen molar-refractivity contribution in [1.29, 1.82) is 0 Å². The third-order valence-electron chi connectivity index (χ3n) is 10.2. The summed E-state index contributed by atoms with van der Waals surface area (Å²) in [6.07, 6.45) is 1.27. The number of hydrogen-bond donors (Lipinski definition) is 1. The van der Waals surface area contributed by atoms with E-state index in [2.05, 4.69) is 6.92 Å². The number of fused-ring (bicyclic) bond motifs is 5. The van der Waals surface area contributed by atoms with Crippen LogP contribution in [0.1, 0.15) is 71.6 Å². The average Bonchev–Trinajstić information content (AvgIpc) is 3.42. The number of alkyl halides is 2. The van der Waals surface area contributed by atoms with E-state index >= 15 is 8.78 Å². The van der Waals surface area contributed by atoms with E-state index in [-0.39, 0.29) is 49.1 Å². The van der Waals surface area contributed by atoms with Crippen molar-refractivity contribution < 1.29 is 42.5 Å². The van der Waals surface area contributed by atoms with Crippen molar-refractivity contribution in [3.63, 3.8) is 0 Å². The molecule has 210 valence electrons. The van der Waals surface area contributed by atoms with Crippen LogP contribution >= 0.6 is 11.8 Å². The number of ketones is 1. The van der Waals surface area contributed by atoms with Gasteiger partial charge in [-0.2, -0.15) is 0 Å². The molecule has 0 bridgehead atoms. The number of carbonyl (C=O) groups excluding carboxylic acids is 4. The molecule has 1 heterocycles. The molecule has 0 radical (unpaired) electrons. The van der Waals surface area contributed by atoms with Crippen molar-refractivity contribution >= 4 is 34.6 Å². The first-order valence-electron chi connectivity index (χ1n) is 13.6. The van der Waals surface area contributed by atoms with Crippen molar-refractivity contribution in [2.45, 2.75) is 94.8 Å². The van der Waals surface area contributed by atoms with Gasteiger partial charge in [0.25, 0.3) is 0 Å². The first kappa shape index (κ1) is 27.7. The molecule has 1 aliphatic heterocycles. The van der Waals surface area contributed by atoms with E-state index in [4.69, 9.17) is 9.47 Å². The zero-order valence-electron chi connectivity index (χ0n) is 21.9. The van der Waals surface area contributed by atoms with Crippen molar-refractivity contribution in [1.82, 2.24) is 0 Å². The molecule has 10 heteroatoms. The predicted molar refractivity (Wildman–Crippen MR) is 134 cm³/mol. The Morgan fingerprint density at radius 1 is 1.21 bits per heavy atom. The van der Waals surface area contributed by atoms with Gasteiger partial charge in [-0.3, -0.25) is 19.2 Å². The SMILES string of the molecule is C[C@]12CC[C@@]3(F)[C@@H](C[C@H](F)C4=CC(=O)CC[C@@]43C)[C@@H]1CC(COC(=O)CC(O)C(=O)SC1CCOC1=O)C2. The first-order chi connectivity index (χ1) is 17.9. The van der Waals surface area contributed by atoms with Gasteiger partial charge in [-0.05, 0) is 67.4 Å².